The SMILES string of the molecule is CCOC(=O)Nc1ccc(Nc2ccc(N(CC)CC)cc2C)nc1. The van der Waals surface area contributed by atoms with Gasteiger partial charge in [-0.15, -0.1) is 0 Å². The number of nitrogens with zero attached hydrogens (tertiary/aromatic N) is 2. The lowest BCUT2D eigenvalue weighted by molar-refractivity contribution is 0.168. The van der Waals surface area contributed by atoms with Gasteiger partial charge in [0.25, 0.3) is 0 Å². The van der Waals surface area contributed by atoms with Crippen LogP contribution in [0, 0.1) is 6.92 Å². The maximum atomic E-state index is 11.4. The second kappa shape index (κ2) is 8.92. The average molecular weight is 342 g/mol. The maximum absolute atomic E-state index is 11.4. The summed E-state index contributed by atoms with van der Waals surface area (Å²) in [6.45, 7) is 10.5. The first-order valence-corrected chi connectivity index (χ1v) is 8.59. The van der Waals surface area contributed by atoms with Crippen LogP contribution in [-0.2, 0) is 4.74 Å². The van der Waals surface area contributed by atoms with Crippen LogP contribution in [-0.4, -0.2) is 30.8 Å². The number of benzene rings is 1. The summed E-state index contributed by atoms with van der Waals surface area (Å²) in [5.41, 5.74) is 3.97. The molecule has 1 aromatic carbocycles. The summed E-state index contributed by atoms with van der Waals surface area (Å²) >= 11 is 0. The first kappa shape index (κ1) is 18.6. The third kappa shape index (κ3) is 5.11. The molecular weight excluding hydrogens is 316 g/mol. The van der Waals surface area contributed by atoms with E-state index in [1.54, 1.807) is 19.2 Å². The lowest BCUT2D eigenvalue weighted by atomic mass is 10.1. The topological polar surface area (TPSA) is 66.5 Å². The number of pyridine rings is 1. The Bertz CT molecular complexity index is 697. The molecule has 0 aliphatic heterocycles. The number of anilines is 4. The highest BCUT2D eigenvalue weighted by Crippen LogP contribution is 2.25. The van der Waals surface area contributed by atoms with Gasteiger partial charge >= 0.3 is 6.09 Å². The quantitative estimate of drug-likeness (QED) is 0.773. The van der Waals surface area contributed by atoms with Crippen LogP contribution in [0.4, 0.5) is 27.7 Å². The molecule has 0 saturated carbocycles. The van der Waals surface area contributed by atoms with Crippen LogP contribution in [0.1, 0.15) is 26.3 Å². The second-order valence-electron chi connectivity index (χ2n) is 5.57. The van der Waals surface area contributed by atoms with Crippen molar-refractivity contribution in [3.8, 4) is 0 Å². The molecule has 1 heterocycles. The molecule has 0 bridgehead atoms. The first-order chi connectivity index (χ1) is 12.1. The highest BCUT2D eigenvalue weighted by atomic mass is 16.5. The van der Waals surface area contributed by atoms with Gasteiger partial charge in [0.1, 0.15) is 5.82 Å². The van der Waals surface area contributed by atoms with Gasteiger partial charge in [0, 0.05) is 24.5 Å². The molecule has 0 atom stereocenters. The van der Waals surface area contributed by atoms with Crippen molar-refractivity contribution < 1.29 is 9.53 Å². The van der Waals surface area contributed by atoms with Crippen LogP contribution in [0.3, 0.4) is 0 Å². The van der Waals surface area contributed by atoms with Crippen molar-refractivity contribution in [1.29, 1.82) is 0 Å². The van der Waals surface area contributed by atoms with Crippen LogP contribution in [0.15, 0.2) is 36.5 Å². The average Bonchev–Trinajstić information content (AvgIpc) is 2.60. The molecule has 6 heteroatoms. The number of carbonyl (C=O) groups excluding carboxylic acids is 1. The van der Waals surface area contributed by atoms with Gasteiger partial charge < -0.3 is 15.0 Å². The van der Waals surface area contributed by atoms with Crippen LogP contribution in [0.2, 0.25) is 0 Å². The molecule has 0 fully saturated rings. The first-order valence-electron chi connectivity index (χ1n) is 8.59. The number of hydrogen-bond donors (Lipinski definition) is 2. The molecule has 2 rings (SSSR count). The van der Waals surface area contributed by atoms with E-state index in [0.29, 0.717) is 18.1 Å². The number of rotatable bonds is 7. The number of ether oxygens (including phenoxy) is 1. The smallest absolute Gasteiger partial charge is 0.411 e. The van der Waals surface area contributed by atoms with E-state index in [2.05, 4.69) is 59.5 Å². The Kier molecular flexibility index (Phi) is 6.62. The van der Waals surface area contributed by atoms with Gasteiger partial charge in [-0.1, -0.05) is 0 Å². The highest BCUT2D eigenvalue weighted by molar-refractivity contribution is 5.84. The summed E-state index contributed by atoms with van der Waals surface area (Å²) in [5, 5.41) is 5.93. The van der Waals surface area contributed by atoms with E-state index >= 15 is 0 Å². The summed E-state index contributed by atoms with van der Waals surface area (Å²) in [5.74, 6) is 0.716. The molecule has 0 aliphatic rings. The molecule has 1 aromatic heterocycles. The molecular formula is C19H26N4O2. The molecule has 2 aromatic rings. The molecule has 25 heavy (non-hydrogen) atoms. The molecule has 134 valence electrons. The molecule has 0 saturated heterocycles. The van der Waals surface area contributed by atoms with E-state index in [-0.39, 0.29) is 0 Å². The van der Waals surface area contributed by atoms with Crippen molar-refractivity contribution in [2.24, 2.45) is 0 Å². The lowest BCUT2D eigenvalue weighted by Gasteiger charge is -2.22. The summed E-state index contributed by atoms with van der Waals surface area (Å²) in [6.07, 6.45) is 1.12. The predicted molar refractivity (Wildman–Crippen MR) is 103 cm³/mol. The fourth-order valence-electron chi connectivity index (χ4n) is 2.54. The van der Waals surface area contributed by atoms with Crippen molar-refractivity contribution >= 4 is 29.0 Å². The van der Waals surface area contributed by atoms with E-state index < -0.39 is 6.09 Å². The van der Waals surface area contributed by atoms with Gasteiger partial charge in [0.15, 0.2) is 0 Å². The van der Waals surface area contributed by atoms with Crippen molar-refractivity contribution in [3.05, 3.63) is 42.1 Å². The lowest BCUT2D eigenvalue weighted by Crippen LogP contribution is -2.21. The Labute approximate surface area is 149 Å². The van der Waals surface area contributed by atoms with Gasteiger partial charge in [-0.3, -0.25) is 5.32 Å². The number of aryl methyl sites for hydroxylation is 1. The zero-order valence-corrected chi connectivity index (χ0v) is 15.3. The third-order valence-corrected chi connectivity index (χ3v) is 3.89. The second-order valence-corrected chi connectivity index (χ2v) is 5.57. The molecule has 1 amide bonds. The number of carbonyl (C=O) groups is 1. The monoisotopic (exact) mass is 342 g/mol. The minimum absolute atomic E-state index is 0.335. The summed E-state index contributed by atoms with van der Waals surface area (Å²) in [7, 11) is 0. The Balaban J connectivity index is 2.05. The number of aromatic nitrogens is 1. The van der Waals surface area contributed by atoms with E-state index in [9.17, 15) is 4.79 Å². The fourth-order valence-corrected chi connectivity index (χ4v) is 2.54. The summed E-state index contributed by atoms with van der Waals surface area (Å²) in [4.78, 5) is 18.0. The predicted octanol–water partition coefficient (Wildman–Crippen LogP) is 4.55. The zero-order chi connectivity index (χ0) is 18.2. The summed E-state index contributed by atoms with van der Waals surface area (Å²) in [6, 6.07) is 9.95. The van der Waals surface area contributed by atoms with E-state index in [1.165, 1.54) is 5.69 Å². The van der Waals surface area contributed by atoms with Crippen molar-refractivity contribution in [2.45, 2.75) is 27.7 Å². The van der Waals surface area contributed by atoms with Crippen molar-refractivity contribution in [2.75, 3.05) is 35.2 Å². The zero-order valence-electron chi connectivity index (χ0n) is 15.3. The van der Waals surface area contributed by atoms with E-state index in [4.69, 9.17) is 4.74 Å². The molecule has 0 unspecified atom stereocenters. The minimum atomic E-state index is -0.479. The normalized spacial score (nSPS) is 10.2. The number of nitrogens with one attached hydrogen (secondary N) is 2. The number of amides is 1. The Morgan fingerprint density at radius 1 is 1.16 bits per heavy atom. The van der Waals surface area contributed by atoms with E-state index in [0.717, 1.165) is 24.3 Å². The Morgan fingerprint density at radius 2 is 1.92 bits per heavy atom. The Morgan fingerprint density at radius 3 is 2.48 bits per heavy atom. The standard InChI is InChI=1S/C19H26N4O2/c1-5-23(6-2)16-9-10-17(14(4)12-16)22-18-11-8-15(13-20-18)21-19(24)25-7-3/h8-13H,5-7H2,1-4H3,(H,20,22)(H,21,24). The van der Waals surface area contributed by atoms with Crippen LogP contribution in [0.5, 0.6) is 0 Å². The maximum Gasteiger partial charge on any atom is 0.411 e. The highest BCUT2D eigenvalue weighted by Gasteiger charge is 2.06. The molecule has 2 N–H and O–H groups in total. The minimum Gasteiger partial charge on any atom is -0.450 e. The van der Waals surface area contributed by atoms with Gasteiger partial charge in [-0.25, -0.2) is 9.78 Å². The van der Waals surface area contributed by atoms with Crippen LogP contribution >= 0.6 is 0 Å². The van der Waals surface area contributed by atoms with Crippen LogP contribution < -0.4 is 15.5 Å². The van der Waals surface area contributed by atoms with Gasteiger partial charge in [-0.2, -0.15) is 0 Å². The molecule has 0 aliphatic carbocycles. The van der Waals surface area contributed by atoms with Gasteiger partial charge in [-0.05, 0) is 63.6 Å². The number of hydrogen-bond acceptors (Lipinski definition) is 5. The fraction of sp³-hybridized carbons (Fsp3) is 0.368. The largest absolute Gasteiger partial charge is 0.450 e. The van der Waals surface area contributed by atoms with Gasteiger partial charge in [0.2, 0.25) is 0 Å². The van der Waals surface area contributed by atoms with Gasteiger partial charge in [0.05, 0.1) is 18.5 Å². The molecule has 0 spiro atoms. The third-order valence-electron chi connectivity index (χ3n) is 3.89. The van der Waals surface area contributed by atoms with Crippen molar-refractivity contribution in [3.63, 3.8) is 0 Å². The van der Waals surface area contributed by atoms with E-state index in [1.807, 2.05) is 6.07 Å². The molecule has 0 radical (unpaired) electrons. The van der Waals surface area contributed by atoms with Crippen LogP contribution in [0.25, 0.3) is 0 Å². The Hall–Kier alpha value is -2.76. The van der Waals surface area contributed by atoms with Crippen molar-refractivity contribution in [1.82, 2.24) is 4.98 Å². The summed E-state index contributed by atoms with van der Waals surface area (Å²) < 4.78 is 4.84. The molecule has 6 nitrogen and oxygen atoms in total.